The highest BCUT2D eigenvalue weighted by atomic mass is 16.4. The van der Waals surface area contributed by atoms with Crippen LogP contribution in [0, 0.1) is 0 Å². The lowest BCUT2D eigenvalue weighted by Crippen LogP contribution is -2.19. The van der Waals surface area contributed by atoms with E-state index < -0.39 is 5.97 Å². The van der Waals surface area contributed by atoms with Gasteiger partial charge in [-0.15, -0.1) is 0 Å². The van der Waals surface area contributed by atoms with Gasteiger partial charge < -0.3 is 10.1 Å². The Labute approximate surface area is 137 Å². The summed E-state index contributed by atoms with van der Waals surface area (Å²) in [6.45, 7) is 0. The third-order valence-electron chi connectivity index (χ3n) is 3.56. The van der Waals surface area contributed by atoms with Crippen molar-refractivity contribution < 1.29 is 14.7 Å². The number of carboxylic acids is 1. The van der Waals surface area contributed by atoms with E-state index in [9.17, 15) is 9.59 Å². The number of aromatic amines is 1. The zero-order valence-corrected chi connectivity index (χ0v) is 12.7. The molecule has 0 aliphatic carbocycles. The van der Waals surface area contributed by atoms with Gasteiger partial charge in [0.25, 0.3) is 0 Å². The van der Waals surface area contributed by atoms with Crippen LogP contribution >= 0.6 is 0 Å². The number of carboxylic acid groups (broad SMARTS) is 1. The van der Waals surface area contributed by atoms with Crippen molar-refractivity contribution in [1.82, 2.24) is 10.4 Å². The van der Waals surface area contributed by atoms with Crippen LogP contribution in [-0.4, -0.2) is 28.2 Å². The minimum absolute atomic E-state index is 0.170. The van der Waals surface area contributed by atoms with E-state index >= 15 is 0 Å². The van der Waals surface area contributed by atoms with E-state index in [1.54, 1.807) is 12.1 Å². The molecule has 1 amide bonds. The lowest BCUT2D eigenvalue weighted by atomic mass is 10.1. The van der Waals surface area contributed by atoms with Gasteiger partial charge >= 0.3 is 5.97 Å². The highest BCUT2D eigenvalue weighted by Crippen LogP contribution is 2.17. The van der Waals surface area contributed by atoms with Crippen molar-refractivity contribution in [2.45, 2.75) is 6.42 Å². The normalized spacial score (nSPS) is 11.0. The van der Waals surface area contributed by atoms with Gasteiger partial charge in [-0.3, -0.25) is 4.79 Å². The summed E-state index contributed by atoms with van der Waals surface area (Å²) < 4.78 is 0. The monoisotopic (exact) mass is 321 g/mol. The highest BCUT2D eigenvalue weighted by Gasteiger charge is 2.07. The van der Waals surface area contributed by atoms with Crippen LogP contribution in [0.3, 0.4) is 0 Å². The number of hydrogen-bond donors (Lipinski definition) is 3. The molecule has 6 nitrogen and oxygen atoms in total. The number of nitrogens with one attached hydrogen (secondary N) is 2. The Morgan fingerprint density at radius 2 is 2.00 bits per heavy atom. The van der Waals surface area contributed by atoms with E-state index in [1.807, 2.05) is 30.5 Å². The fraction of sp³-hybridized carbons (Fsp3) is 0.0556. The van der Waals surface area contributed by atoms with Gasteiger partial charge in [0.15, 0.2) is 0 Å². The number of rotatable bonds is 5. The Hall–Kier alpha value is -3.41. The Kier molecular flexibility index (Phi) is 4.38. The number of hydrogen-bond acceptors (Lipinski definition) is 3. The largest absolute Gasteiger partial charge is 0.478 e. The summed E-state index contributed by atoms with van der Waals surface area (Å²) >= 11 is 0. The number of carbonyl (C=O) groups is 2. The summed E-state index contributed by atoms with van der Waals surface area (Å²) in [5.41, 5.74) is 5.10. The molecule has 3 rings (SSSR count). The summed E-state index contributed by atoms with van der Waals surface area (Å²) in [5.74, 6) is -1.25. The van der Waals surface area contributed by atoms with E-state index in [1.165, 1.54) is 18.3 Å². The van der Waals surface area contributed by atoms with Gasteiger partial charge in [-0.25, -0.2) is 10.2 Å². The molecule has 6 heteroatoms. The molecule has 0 saturated carbocycles. The van der Waals surface area contributed by atoms with Crippen molar-refractivity contribution in [1.29, 1.82) is 0 Å². The first-order valence-electron chi connectivity index (χ1n) is 7.34. The van der Waals surface area contributed by atoms with Crippen LogP contribution in [0.15, 0.2) is 59.8 Å². The smallest absolute Gasteiger partial charge is 0.335 e. The summed E-state index contributed by atoms with van der Waals surface area (Å²) in [4.78, 5) is 26.0. The van der Waals surface area contributed by atoms with E-state index in [0.29, 0.717) is 5.56 Å². The quantitative estimate of drug-likeness (QED) is 0.498. The van der Waals surface area contributed by atoms with Crippen molar-refractivity contribution in [3.63, 3.8) is 0 Å². The van der Waals surface area contributed by atoms with Gasteiger partial charge in [0, 0.05) is 17.1 Å². The minimum Gasteiger partial charge on any atom is -0.478 e. The van der Waals surface area contributed by atoms with Crippen LogP contribution in [0.5, 0.6) is 0 Å². The van der Waals surface area contributed by atoms with E-state index in [-0.39, 0.29) is 17.9 Å². The van der Waals surface area contributed by atoms with Crippen LogP contribution < -0.4 is 5.43 Å². The molecule has 0 aliphatic rings. The molecule has 0 saturated heterocycles. The third-order valence-corrected chi connectivity index (χ3v) is 3.56. The zero-order chi connectivity index (χ0) is 16.9. The molecule has 0 bridgehead atoms. The summed E-state index contributed by atoms with van der Waals surface area (Å²) in [5, 5.41) is 13.8. The van der Waals surface area contributed by atoms with Gasteiger partial charge in [-0.1, -0.05) is 30.3 Å². The van der Waals surface area contributed by atoms with Crippen molar-refractivity contribution in [2.24, 2.45) is 5.10 Å². The predicted molar refractivity (Wildman–Crippen MR) is 91.1 cm³/mol. The van der Waals surface area contributed by atoms with Crippen molar-refractivity contribution in [3.8, 4) is 0 Å². The third kappa shape index (κ3) is 3.49. The molecule has 0 aliphatic heterocycles. The van der Waals surface area contributed by atoms with E-state index in [4.69, 9.17) is 5.11 Å². The first kappa shape index (κ1) is 15.5. The number of nitrogens with zero attached hydrogens (tertiary/aromatic N) is 1. The molecule has 0 radical (unpaired) electrons. The van der Waals surface area contributed by atoms with Crippen molar-refractivity contribution in [3.05, 3.63) is 71.4 Å². The lowest BCUT2D eigenvalue weighted by molar-refractivity contribution is -0.120. The maximum atomic E-state index is 12.0. The fourth-order valence-electron chi connectivity index (χ4n) is 2.42. The Balaban J connectivity index is 1.63. The van der Waals surface area contributed by atoms with E-state index in [2.05, 4.69) is 15.5 Å². The van der Waals surface area contributed by atoms with Crippen LogP contribution in [0.4, 0.5) is 0 Å². The maximum Gasteiger partial charge on any atom is 0.335 e. The number of aromatic carboxylic acids is 1. The van der Waals surface area contributed by atoms with Crippen molar-refractivity contribution >= 4 is 29.0 Å². The van der Waals surface area contributed by atoms with Gasteiger partial charge in [0.05, 0.1) is 18.2 Å². The molecule has 1 aromatic heterocycles. The van der Waals surface area contributed by atoms with Gasteiger partial charge in [-0.2, -0.15) is 5.10 Å². The number of para-hydroxylation sites is 1. The molecule has 1 heterocycles. The molecule has 24 heavy (non-hydrogen) atoms. The van der Waals surface area contributed by atoms with Gasteiger partial charge in [-0.05, 0) is 29.3 Å². The number of H-pyrrole nitrogens is 1. The molecule has 0 fully saturated rings. The first-order chi connectivity index (χ1) is 11.6. The number of carbonyl (C=O) groups excluding carboxylic acids is 1. The topological polar surface area (TPSA) is 94.5 Å². The van der Waals surface area contributed by atoms with E-state index in [0.717, 1.165) is 16.5 Å². The average Bonchev–Trinajstić information content (AvgIpc) is 2.98. The second-order valence-electron chi connectivity index (χ2n) is 5.26. The summed E-state index contributed by atoms with van der Waals surface area (Å²) in [6, 6.07) is 14.1. The Morgan fingerprint density at radius 1 is 1.17 bits per heavy atom. The molecule has 0 unspecified atom stereocenters. The number of aromatic nitrogens is 1. The minimum atomic E-state index is -1.01. The lowest BCUT2D eigenvalue weighted by Gasteiger charge is -2.00. The van der Waals surface area contributed by atoms with Crippen LogP contribution in [-0.2, 0) is 11.2 Å². The molecule has 2 aromatic carbocycles. The van der Waals surface area contributed by atoms with Crippen LogP contribution in [0.2, 0.25) is 0 Å². The zero-order valence-electron chi connectivity index (χ0n) is 12.7. The Bertz CT molecular complexity index is 928. The predicted octanol–water partition coefficient (Wildman–Crippen LogP) is 2.56. The number of benzene rings is 2. The molecule has 120 valence electrons. The molecule has 0 atom stereocenters. The maximum absolute atomic E-state index is 12.0. The van der Waals surface area contributed by atoms with Gasteiger partial charge in [0.1, 0.15) is 0 Å². The van der Waals surface area contributed by atoms with Crippen LogP contribution in [0.25, 0.3) is 10.9 Å². The standard InChI is InChI=1S/C18H15N3O3/c22-17(9-14-11-19-16-7-2-1-6-15(14)16)21-20-10-12-4-3-5-13(8-12)18(23)24/h1-8,10-11,19H,9H2,(H,21,22)(H,23,24). The number of hydrazone groups is 1. The fourth-order valence-corrected chi connectivity index (χ4v) is 2.42. The molecular formula is C18H15N3O3. The SMILES string of the molecule is O=C(Cc1c[nH]c2ccccc12)NN=Cc1cccc(C(=O)O)c1. The second kappa shape index (κ2) is 6.78. The van der Waals surface area contributed by atoms with Crippen LogP contribution in [0.1, 0.15) is 21.5 Å². The second-order valence-corrected chi connectivity index (χ2v) is 5.26. The average molecular weight is 321 g/mol. The molecule has 3 aromatic rings. The molecular weight excluding hydrogens is 306 g/mol. The highest BCUT2D eigenvalue weighted by molar-refractivity contribution is 5.92. The first-order valence-corrected chi connectivity index (χ1v) is 7.34. The number of amides is 1. The molecule has 0 spiro atoms. The van der Waals surface area contributed by atoms with Gasteiger partial charge in [0.2, 0.25) is 5.91 Å². The summed E-state index contributed by atoms with van der Waals surface area (Å²) in [7, 11) is 0. The Morgan fingerprint density at radius 3 is 2.83 bits per heavy atom. The van der Waals surface area contributed by atoms with Crippen molar-refractivity contribution in [2.75, 3.05) is 0 Å². The molecule has 3 N–H and O–H groups in total. The number of fused-ring (bicyclic) bond motifs is 1. The summed E-state index contributed by atoms with van der Waals surface area (Å²) in [6.07, 6.45) is 3.43.